The first-order valence-electron chi connectivity index (χ1n) is 9.59. The van der Waals surface area contributed by atoms with Crippen LogP contribution in [0.3, 0.4) is 0 Å². The van der Waals surface area contributed by atoms with E-state index in [4.69, 9.17) is 0 Å². The van der Waals surface area contributed by atoms with E-state index in [-0.39, 0.29) is 0 Å². The van der Waals surface area contributed by atoms with Crippen LogP contribution in [0.5, 0.6) is 0 Å². The Hall–Kier alpha value is -2.35. The average molecular weight is 416 g/mol. The second-order valence-corrected chi connectivity index (χ2v) is 9.18. The van der Waals surface area contributed by atoms with Crippen molar-refractivity contribution in [3.8, 4) is 0 Å². The van der Waals surface area contributed by atoms with E-state index in [1.54, 1.807) is 12.1 Å². The van der Waals surface area contributed by atoms with Crippen LogP contribution in [-0.4, -0.2) is 50.3 Å². The number of piperazine rings is 1. The number of hydrogen-bond donors (Lipinski definition) is 0. The van der Waals surface area contributed by atoms with Gasteiger partial charge < -0.3 is 4.90 Å². The summed E-state index contributed by atoms with van der Waals surface area (Å²) in [5.41, 5.74) is 0.470. The topological polar surface area (TPSA) is 40.6 Å². The molecule has 0 saturated carbocycles. The molecule has 1 heterocycles. The van der Waals surface area contributed by atoms with Gasteiger partial charge in [-0.2, -0.15) is 4.31 Å². The molecule has 0 unspecified atom stereocenters. The standard InChI is InChI=1S/C22H22F2N2O2S/c23-20-7-5-18(22(24)16-20)9-10-25-11-13-26(14-12-25)29(27,28)21-8-6-17-3-1-2-4-19(17)15-21/h1-8,15-16H,9-14H2. The highest BCUT2D eigenvalue weighted by atomic mass is 32.2. The van der Waals surface area contributed by atoms with Gasteiger partial charge in [-0.05, 0) is 41.0 Å². The van der Waals surface area contributed by atoms with Crippen molar-refractivity contribution in [1.82, 2.24) is 9.21 Å². The summed E-state index contributed by atoms with van der Waals surface area (Å²) in [5.74, 6) is -1.12. The fourth-order valence-corrected chi connectivity index (χ4v) is 5.13. The maximum atomic E-state index is 13.8. The zero-order chi connectivity index (χ0) is 20.4. The molecule has 1 aliphatic rings. The van der Waals surface area contributed by atoms with Gasteiger partial charge in [-0.1, -0.05) is 36.4 Å². The van der Waals surface area contributed by atoms with E-state index in [9.17, 15) is 17.2 Å². The molecule has 0 amide bonds. The van der Waals surface area contributed by atoms with Crippen molar-refractivity contribution in [3.05, 3.63) is 77.9 Å². The van der Waals surface area contributed by atoms with Gasteiger partial charge in [0.25, 0.3) is 0 Å². The van der Waals surface area contributed by atoms with Crippen molar-refractivity contribution < 1.29 is 17.2 Å². The van der Waals surface area contributed by atoms with Gasteiger partial charge in [0.1, 0.15) is 11.6 Å². The van der Waals surface area contributed by atoms with Crippen LogP contribution in [-0.2, 0) is 16.4 Å². The molecule has 1 aliphatic heterocycles. The van der Waals surface area contributed by atoms with Gasteiger partial charge in [-0.3, -0.25) is 0 Å². The first-order chi connectivity index (χ1) is 13.9. The summed E-state index contributed by atoms with van der Waals surface area (Å²) < 4.78 is 54.3. The molecule has 3 aromatic rings. The zero-order valence-electron chi connectivity index (χ0n) is 15.9. The lowest BCUT2D eigenvalue weighted by molar-refractivity contribution is 0.190. The Morgan fingerprint density at radius 3 is 2.28 bits per heavy atom. The highest BCUT2D eigenvalue weighted by molar-refractivity contribution is 7.89. The smallest absolute Gasteiger partial charge is 0.243 e. The molecule has 0 radical (unpaired) electrons. The SMILES string of the molecule is O=S(=O)(c1ccc2ccccc2c1)N1CCN(CCc2ccc(F)cc2F)CC1. The predicted molar refractivity (Wildman–Crippen MR) is 109 cm³/mol. The quantitative estimate of drug-likeness (QED) is 0.637. The largest absolute Gasteiger partial charge is 0.300 e. The van der Waals surface area contributed by atoms with Crippen molar-refractivity contribution in [3.63, 3.8) is 0 Å². The Balaban J connectivity index is 1.39. The van der Waals surface area contributed by atoms with E-state index < -0.39 is 21.7 Å². The third-order valence-corrected chi connectivity index (χ3v) is 7.30. The molecule has 1 saturated heterocycles. The van der Waals surface area contributed by atoms with E-state index in [1.165, 1.54) is 16.4 Å². The molecule has 1 fully saturated rings. The van der Waals surface area contributed by atoms with Gasteiger partial charge in [-0.25, -0.2) is 17.2 Å². The summed E-state index contributed by atoms with van der Waals surface area (Å²) in [7, 11) is -3.55. The minimum absolute atomic E-state index is 0.304. The van der Waals surface area contributed by atoms with E-state index in [1.807, 2.05) is 30.3 Å². The Labute approximate surface area is 169 Å². The number of sulfonamides is 1. The summed E-state index contributed by atoms with van der Waals surface area (Å²) in [5, 5.41) is 1.90. The van der Waals surface area contributed by atoms with Gasteiger partial charge in [0.2, 0.25) is 10.0 Å². The maximum absolute atomic E-state index is 13.8. The fraction of sp³-hybridized carbons (Fsp3) is 0.273. The molecule has 29 heavy (non-hydrogen) atoms. The Morgan fingerprint density at radius 2 is 1.55 bits per heavy atom. The Bertz CT molecular complexity index is 1130. The number of rotatable bonds is 5. The highest BCUT2D eigenvalue weighted by Crippen LogP contribution is 2.23. The molecular formula is C22H22F2N2O2S. The van der Waals surface area contributed by atoms with Crippen LogP contribution in [0.2, 0.25) is 0 Å². The highest BCUT2D eigenvalue weighted by Gasteiger charge is 2.28. The minimum Gasteiger partial charge on any atom is -0.300 e. The summed E-state index contributed by atoms with van der Waals surface area (Å²) in [6.45, 7) is 2.54. The van der Waals surface area contributed by atoms with E-state index >= 15 is 0 Å². The van der Waals surface area contributed by atoms with Gasteiger partial charge in [0.05, 0.1) is 4.90 Å². The molecule has 4 nitrogen and oxygen atoms in total. The molecule has 3 aromatic carbocycles. The summed E-state index contributed by atoms with van der Waals surface area (Å²) >= 11 is 0. The zero-order valence-corrected chi connectivity index (χ0v) is 16.7. The van der Waals surface area contributed by atoms with E-state index in [0.717, 1.165) is 16.8 Å². The summed E-state index contributed by atoms with van der Waals surface area (Å²) in [6.07, 6.45) is 0.462. The van der Waals surface area contributed by atoms with Crippen molar-refractivity contribution in [2.45, 2.75) is 11.3 Å². The first kappa shape index (κ1) is 19.9. The lowest BCUT2D eigenvalue weighted by Crippen LogP contribution is -2.49. The molecule has 4 rings (SSSR count). The van der Waals surface area contributed by atoms with Crippen LogP contribution in [0.15, 0.2) is 65.6 Å². The molecule has 0 aliphatic carbocycles. The van der Waals surface area contributed by atoms with Crippen LogP contribution in [0.1, 0.15) is 5.56 Å². The van der Waals surface area contributed by atoms with Gasteiger partial charge >= 0.3 is 0 Å². The van der Waals surface area contributed by atoms with Crippen LogP contribution >= 0.6 is 0 Å². The molecule has 0 spiro atoms. The normalized spacial score (nSPS) is 16.3. The average Bonchev–Trinajstić information content (AvgIpc) is 2.73. The van der Waals surface area contributed by atoms with Gasteiger partial charge in [-0.15, -0.1) is 0 Å². The number of halogens is 2. The third-order valence-electron chi connectivity index (χ3n) is 5.40. The molecule has 0 atom stereocenters. The Kier molecular flexibility index (Phi) is 5.63. The van der Waals surface area contributed by atoms with Crippen molar-refractivity contribution in [2.75, 3.05) is 32.7 Å². The molecule has 0 aromatic heterocycles. The second kappa shape index (κ2) is 8.18. The first-order valence-corrected chi connectivity index (χ1v) is 11.0. The maximum Gasteiger partial charge on any atom is 0.243 e. The lowest BCUT2D eigenvalue weighted by atomic mass is 10.1. The number of hydrogen-bond acceptors (Lipinski definition) is 3. The summed E-state index contributed by atoms with van der Waals surface area (Å²) in [6, 6.07) is 16.5. The predicted octanol–water partition coefficient (Wildman–Crippen LogP) is 3.67. The van der Waals surface area contributed by atoms with Crippen molar-refractivity contribution in [1.29, 1.82) is 0 Å². The Morgan fingerprint density at radius 1 is 0.828 bits per heavy atom. The second-order valence-electron chi connectivity index (χ2n) is 7.24. The van der Waals surface area contributed by atoms with Crippen LogP contribution < -0.4 is 0 Å². The van der Waals surface area contributed by atoms with E-state index in [2.05, 4.69) is 4.90 Å². The third kappa shape index (κ3) is 4.32. The number of fused-ring (bicyclic) bond motifs is 1. The molecular weight excluding hydrogens is 394 g/mol. The van der Waals surface area contributed by atoms with Gasteiger partial charge in [0.15, 0.2) is 0 Å². The molecule has 7 heteroatoms. The molecule has 0 bridgehead atoms. The van der Waals surface area contributed by atoms with Crippen molar-refractivity contribution in [2.24, 2.45) is 0 Å². The minimum atomic E-state index is -3.55. The lowest BCUT2D eigenvalue weighted by Gasteiger charge is -2.34. The van der Waals surface area contributed by atoms with Gasteiger partial charge in [0, 0.05) is 38.8 Å². The van der Waals surface area contributed by atoms with Crippen LogP contribution in [0.4, 0.5) is 8.78 Å². The van der Waals surface area contributed by atoms with Crippen LogP contribution in [0.25, 0.3) is 10.8 Å². The molecule has 0 N–H and O–H groups in total. The van der Waals surface area contributed by atoms with E-state index in [0.29, 0.717) is 49.6 Å². The molecule has 152 valence electrons. The monoisotopic (exact) mass is 416 g/mol. The van der Waals surface area contributed by atoms with Crippen LogP contribution in [0, 0.1) is 11.6 Å². The number of nitrogens with zero attached hydrogens (tertiary/aromatic N) is 2. The number of benzene rings is 3. The fourth-order valence-electron chi connectivity index (χ4n) is 3.67. The van der Waals surface area contributed by atoms with Crippen molar-refractivity contribution >= 4 is 20.8 Å². The summed E-state index contributed by atoms with van der Waals surface area (Å²) in [4.78, 5) is 2.41.